The number of rotatable bonds is 1. The average molecular weight is 126 g/mol. The monoisotopic (exact) mass is 126 g/mol. The molecule has 0 heterocycles. The van der Waals surface area contributed by atoms with E-state index in [0.717, 1.165) is 0 Å². The van der Waals surface area contributed by atoms with Crippen molar-refractivity contribution in [2.45, 2.75) is 5.55 Å². The molecule has 0 unspecified atom stereocenters. The predicted octanol–water partition coefficient (Wildman–Crippen LogP) is -0.971. The molecule has 0 saturated heterocycles. The van der Waals surface area contributed by atoms with Crippen LogP contribution < -0.4 is 0 Å². The third kappa shape index (κ3) is 2.27. The van der Waals surface area contributed by atoms with Crippen LogP contribution >= 0.6 is 0 Å². The SMILES string of the molecule is O=C(O)C(F)(F)[SiH3]. The van der Waals surface area contributed by atoms with E-state index in [1.807, 2.05) is 0 Å². The third-order valence-corrected chi connectivity index (χ3v) is 0.803. The normalized spacial score (nSPS) is 11.7. The van der Waals surface area contributed by atoms with E-state index in [1.54, 1.807) is 0 Å². The van der Waals surface area contributed by atoms with Crippen molar-refractivity contribution in [2.75, 3.05) is 0 Å². The fraction of sp³-hybridized carbons (Fsp3) is 0.500. The lowest BCUT2D eigenvalue weighted by Crippen LogP contribution is -2.27. The van der Waals surface area contributed by atoms with Gasteiger partial charge in [-0.15, -0.1) is 0 Å². The number of hydrogen-bond acceptors (Lipinski definition) is 1. The van der Waals surface area contributed by atoms with Gasteiger partial charge in [-0.1, -0.05) is 0 Å². The van der Waals surface area contributed by atoms with Crippen LogP contribution in [-0.4, -0.2) is 26.9 Å². The minimum absolute atomic E-state index is 0.620. The minimum atomic E-state index is -3.44. The molecule has 0 spiro atoms. The van der Waals surface area contributed by atoms with Crippen LogP contribution in [-0.2, 0) is 4.79 Å². The van der Waals surface area contributed by atoms with Crippen LogP contribution in [0.15, 0.2) is 0 Å². The molecular weight excluding hydrogens is 122 g/mol. The van der Waals surface area contributed by atoms with E-state index < -0.39 is 21.8 Å². The maximum absolute atomic E-state index is 11.3. The van der Waals surface area contributed by atoms with Crippen LogP contribution in [0.5, 0.6) is 0 Å². The Balaban J connectivity index is 3.79. The van der Waals surface area contributed by atoms with Crippen LogP contribution in [0.4, 0.5) is 8.78 Å². The highest BCUT2D eigenvalue weighted by Gasteiger charge is 2.30. The summed E-state index contributed by atoms with van der Waals surface area (Å²) >= 11 is 0. The number of aliphatic carboxylic acids is 1. The van der Waals surface area contributed by atoms with E-state index in [9.17, 15) is 13.6 Å². The first-order valence-corrected chi connectivity index (χ1v) is 2.56. The van der Waals surface area contributed by atoms with Crippen LogP contribution in [0.25, 0.3) is 0 Å². The smallest absolute Gasteiger partial charge is 0.368 e. The van der Waals surface area contributed by atoms with Crippen molar-refractivity contribution in [3.8, 4) is 0 Å². The fourth-order valence-corrected chi connectivity index (χ4v) is 0. The topological polar surface area (TPSA) is 37.3 Å². The van der Waals surface area contributed by atoms with Gasteiger partial charge in [0.1, 0.15) is 10.2 Å². The molecule has 0 saturated carbocycles. The number of hydrogen-bond donors (Lipinski definition) is 1. The first-order valence-electron chi connectivity index (χ1n) is 1.56. The van der Waals surface area contributed by atoms with Gasteiger partial charge in [0.05, 0.1) is 0 Å². The Kier molecular flexibility index (Phi) is 1.47. The summed E-state index contributed by atoms with van der Waals surface area (Å²) in [6.45, 7) is 0. The molecule has 42 valence electrons. The number of alkyl halides is 2. The molecule has 0 atom stereocenters. The van der Waals surface area contributed by atoms with Gasteiger partial charge < -0.3 is 5.11 Å². The fourth-order valence-electron chi connectivity index (χ4n) is 0. The Morgan fingerprint density at radius 1 is 1.71 bits per heavy atom. The number of carbonyl (C=O) groups is 1. The molecule has 1 N–H and O–H groups in total. The lowest BCUT2D eigenvalue weighted by Gasteiger charge is -1.99. The van der Waals surface area contributed by atoms with E-state index in [1.165, 1.54) is 0 Å². The summed E-state index contributed by atoms with van der Waals surface area (Å²) in [4.78, 5) is 9.31. The van der Waals surface area contributed by atoms with E-state index in [0.29, 0.717) is 0 Å². The second-order valence-electron chi connectivity index (χ2n) is 1.19. The third-order valence-electron chi connectivity index (χ3n) is 0.376. The average Bonchev–Trinajstić information content (AvgIpc) is 1.31. The van der Waals surface area contributed by atoms with Gasteiger partial charge in [-0.05, 0) is 0 Å². The lowest BCUT2D eigenvalue weighted by atomic mass is 10.7. The summed E-state index contributed by atoms with van der Waals surface area (Å²) in [5.41, 5.74) is -3.44. The van der Waals surface area contributed by atoms with Gasteiger partial charge in [-0.3, -0.25) is 0 Å². The minimum Gasteiger partial charge on any atom is -0.477 e. The zero-order valence-electron chi connectivity index (χ0n) is 3.61. The van der Waals surface area contributed by atoms with Gasteiger partial charge >= 0.3 is 11.5 Å². The molecule has 0 radical (unpaired) electrons. The van der Waals surface area contributed by atoms with Crippen molar-refractivity contribution < 1.29 is 18.7 Å². The van der Waals surface area contributed by atoms with Crippen molar-refractivity contribution >= 4 is 16.2 Å². The van der Waals surface area contributed by atoms with E-state index in [-0.39, 0.29) is 0 Å². The van der Waals surface area contributed by atoms with Crippen molar-refractivity contribution in [3.05, 3.63) is 0 Å². The zero-order chi connectivity index (χ0) is 6.08. The summed E-state index contributed by atoms with van der Waals surface area (Å²) in [5.74, 6) is -2.03. The van der Waals surface area contributed by atoms with Crippen molar-refractivity contribution in [1.29, 1.82) is 0 Å². The molecule has 0 amide bonds. The molecule has 2 nitrogen and oxygen atoms in total. The first-order chi connectivity index (χ1) is 2.94. The Bertz CT molecular complexity index is 86.2. The summed E-state index contributed by atoms with van der Waals surface area (Å²) < 4.78 is 22.6. The molecule has 0 aromatic carbocycles. The Labute approximate surface area is 41.6 Å². The van der Waals surface area contributed by atoms with Gasteiger partial charge in [-0.2, -0.15) is 0 Å². The molecule has 0 aliphatic heterocycles. The standard InChI is InChI=1S/C2H4F2O2Si/c3-2(4,7)1(5)6/h7H3,(H,5,6). The molecule has 0 aromatic rings. The van der Waals surface area contributed by atoms with Gasteiger partial charge in [0.25, 0.3) is 0 Å². The molecule has 0 aliphatic rings. The maximum Gasteiger partial charge on any atom is 0.368 e. The summed E-state index contributed by atoms with van der Waals surface area (Å²) in [6, 6.07) is 0. The molecule has 0 rings (SSSR count). The van der Waals surface area contributed by atoms with Crippen molar-refractivity contribution in [2.24, 2.45) is 0 Å². The molecule has 7 heavy (non-hydrogen) atoms. The first kappa shape index (κ1) is 6.55. The number of halogens is 2. The molecule has 0 aliphatic carbocycles. The van der Waals surface area contributed by atoms with Crippen molar-refractivity contribution in [3.63, 3.8) is 0 Å². The molecule has 0 bridgehead atoms. The van der Waals surface area contributed by atoms with Crippen LogP contribution in [0, 0.1) is 0 Å². The van der Waals surface area contributed by atoms with Crippen LogP contribution in [0.3, 0.4) is 0 Å². The second-order valence-corrected chi connectivity index (χ2v) is 2.45. The predicted molar refractivity (Wildman–Crippen MR) is 22.5 cm³/mol. The second kappa shape index (κ2) is 1.57. The van der Waals surface area contributed by atoms with Gasteiger partial charge in [0, 0.05) is 0 Å². The number of carboxylic acid groups (broad SMARTS) is 1. The molecule has 0 fully saturated rings. The highest BCUT2D eigenvalue weighted by atomic mass is 28.1. The van der Waals surface area contributed by atoms with Gasteiger partial charge in [0.2, 0.25) is 0 Å². The summed E-state index contributed by atoms with van der Waals surface area (Å²) in [5, 5.41) is 7.53. The molecular formula is C2H4F2O2Si. The van der Waals surface area contributed by atoms with Crippen molar-refractivity contribution in [1.82, 2.24) is 0 Å². The Morgan fingerprint density at radius 3 is 1.86 bits per heavy atom. The quantitative estimate of drug-likeness (QED) is 0.459. The molecule has 0 aromatic heterocycles. The van der Waals surface area contributed by atoms with Crippen LogP contribution in [0.2, 0.25) is 0 Å². The van der Waals surface area contributed by atoms with Gasteiger partial charge in [0.15, 0.2) is 0 Å². The largest absolute Gasteiger partial charge is 0.477 e. The van der Waals surface area contributed by atoms with Crippen LogP contribution in [0.1, 0.15) is 0 Å². The number of carboxylic acids is 1. The summed E-state index contributed by atoms with van der Waals surface area (Å²) in [6.07, 6.45) is 0. The lowest BCUT2D eigenvalue weighted by molar-refractivity contribution is -0.153. The van der Waals surface area contributed by atoms with Gasteiger partial charge in [-0.25, -0.2) is 13.6 Å². The van der Waals surface area contributed by atoms with E-state index in [4.69, 9.17) is 5.11 Å². The zero-order valence-corrected chi connectivity index (χ0v) is 5.61. The molecule has 5 heteroatoms. The Morgan fingerprint density at radius 2 is 1.86 bits per heavy atom. The van der Waals surface area contributed by atoms with E-state index >= 15 is 0 Å². The van der Waals surface area contributed by atoms with E-state index in [2.05, 4.69) is 0 Å². The highest BCUT2D eigenvalue weighted by molar-refractivity contribution is 6.24. The highest BCUT2D eigenvalue weighted by Crippen LogP contribution is 2.04. The Hall–Kier alpha value is -0.453. The maximum atomic E-state index is 11.3. The summed E-state index contributed by atoms with van der Waals surface area (Å²) in [7, 11) is -0.620.